The van der Waals surface area contributed by atoms with Crippen LogP contribution in [-0.4, -0.2) is 45.4 Å². The minimum absolute atomic E-state index is 0.180. The summed E-state index contributed by atoms with van der Waals surface area (Å²) in [5.74, 6) is -0.645. The van der Waals surface area contributed by atoms with Gasteiger partial charge in [-0.2, -0.15) is 0 Å². The largest absolute Gasteiger partial charge is 0.459 e. The second-order valence-electron chi connectivity index (χ2n) is 6.12. The second-order valence-corrected chi connectivity index (χ2v) is 7.89. The molecular formula is C16H18N2O4S. The third-order valence-electron chi connectivity index (χ3n) is 4.14. The zero-order valence-corrected chi connectivity index (χ0v) is 13.7. The molecule has 1 aromatic rings. The number of hydrogen-bond acceptors (Lipinski definition) is 5. The number of esters is 1. The number of benzene rings is 1. The molecule has 0 saturated carbocycles. The van der Waals surface area contributed by atoms with E-state index < -0.39 is 22.8 Å². The maximum Gasteiger partial charge on any atom is 0.330 e. The summed E-state index contributed by atoms with van der Waals surface area (Å²) in [6.07, 6.45) is 0.522. The summed E-state index contributed by atoms with van der Waals surface area (Å²) in [4.78, 5) is 36.8. The van der Waals surface area contributed by atoms with Gasteiger partial charge in [-0.15, -0.1) is 11.8 Å². The molecule has 1 aromatic carbocycles. The Labute approximate surface area is 138 Å². The Morgan fingerprint density at radius 3 is 2.74 bits per heavy atom. The Morgan fingerprint density at radius 1 is 1.39 bits per heavy atom. The molecule has 2 aliphatic heterocycles. The number of β-lactam (4-membered cyclic amide) rings is 1. The van der Waals surface area contributed by atoms with Gasteiger partial charge < -0.3 is 15.0 Å². The lowest BCUT2D eigenvalue weighted by Gasteiger charge is -2.43. The van der Waals surface area contributed by atoms with Crippen LogP contribution in [0.5, 0.6) is 0 Å². The lowest BCUT2D eigenvalue weighted by atomic mass is 9.96. The van der Waals surface area contributed by atoms with Crippen LogP contribution in [0.1, 0.15) is 19.4 Å². The van der Waals surface area contributed by atoms with Crippen LogP contribution >= 0.6 is 11.8 Å². The average molecular weight is 334 g/mol. The molecule has 122 valence electrons. The quantitative estimate of drug-likeness (QED) is 0.492. The fourth-order valence-electron chi connectivity index (χ4n) is 3.03. The van der Waals surface area contributed by atoms with Crippen LogP contribution in [0.15, 0.2) is 30.3 Å². The van der Waals surface area contributed by atoms with Gasteiger partial charge in [0.2, 0.25) is 12.3 Å². The number of thioether (sulfide) groups is 1. The number of amides is 2. The van der Waals surface area contributed by atoms with Crippen molar-refractivity contribution in [2.75, 3.05) is 0 Å². The van der Waals surface area contributed by atoms with E-state index >= 15 is 0 Å². The first kappa shape index (κ1) is 15.9. The van der Waals surface area contributed by atoms with Crippen molar-refractivity contribution in [1.82, 2.24) is 10.2 Å². The minimum Gasteiger partial charge on any atom is -0.459 e. The fourth-order valence-corrected chi connectivity index (χ4v) is 4.66. The van der Waals surface area contributed by atoms with Crippen LogP contribution in [0.25, 0.3) is 0 Å². The normalized spacial score (nSPS) is 27.8. The second kappa shape index (κ2) is 5.88. The molecule has 2 fully saturated rings. The molecule has 2 aliphatic rings. The Hall–Kier alpha value is -2.02. The summed E-state index contributed by atoms with van der Waals surface area (Å²) < 4.78 is 4.94. The third kappa shape index (κ3) is 2.69. The Morgan fingerprint density at radius 2 is 2.09 bits per heavy atom. The molecule has 0 spiro atoms. The highest BCUT2D eigenvalue weighted by atomic mass is 32.2. The van der Waals surface area contributed by atoms with Crippen molar-refractivity contribution < 1.29 is 19.1 Å². The topological polar surface area (TPSA) is 75.7 Å². The van der Waals surface area contributed by atoms with Crippen LogP contribution in [-0.2, 0) is 25.7 Å². The van der Waals surface area contributed by atoms with E-state index in [1.54, 1.807) is 0 Å². The summed E-state index contributed by atoms with van der Waals surface area (Å²) in [5, 5.41) is 2.30. The molecule has 0 radical (unpaired) electrons. The van der Waals surface area contributed by atoms with Crippen LogP contribution in [0.4, 0.5) is 0 Å². The summed E-state index contributed by atoms with van der Waals surface area (Å²) in [5.41, 5.74) is 0.899. The highest BCUT2D eigenvalue weighted by Crippen LogP contribution is 2.50. The molecular weight excluding hydrogens is 316 g/mol. The zero-order valence-electron chi connectivity index (χ0n) is 12.9. The SMILES string of the molecule is CC1(C)S[C@@H]2C(NC=O)C(=O)N2[C@H]1C(=O)OCc1ccccc1. The monoisotopic (exact) mass is 334 g/mol. The first-order valence-electron chi connectivity index (χ1n) is 7.36. The van der Waals surface area contributed by atoms with E-state index in [0.717, 1.165) is 5.56 Å². The summed E-state index contributed by atoms with van der Waals surface area (Å²) >= 11 is 1.51. The van der Waals surface area contributed by atoms with E-state index in [9.17, 15) is 14.4 Å². The average Bonchev–Trinajstić information content (AvgIpc) is 2.79. The number of nitrogens with one attached hydrogen (secondary N) is 1. The fraction of sp³-hybridized carbons (Fsp3) is 0.438. The molecule has 2 saturated heterocycles. The van der Waals surface area contributed by atoms with Gasteiger partial charge in [-0.25, -0.2) is 4.79 Å². The van der Waals surface area contributed by atoms with Gasteiger partial charge >= 0.3 is 5.97 Å². The summed E-state index contributed by atoms with van der Waals surface area (Å²) in [6.45, 7) is 4.00. The van der Waals surface area contributed by atoms with Crippen molar-refractivity contribution in [3.63, 3.8) is 0 Å². The number of carbonyl (C=O) groups is 3. The third-order valence-corrected chi connectivity index (χ3v) is 5.71. The minimum atomic E-state index is -0.640. The lowest BCUT2D eigenvalue weighted by Crippen LogP contribution is -2.69. The summed E-state index contributed by atoms with van der Waals surface area (Å²) in [7, 11) is 0. The predicted octanol–water partition coefficient (Wildman–Crippen LogP) is 0.907. The highest BCUT2D eigenvalue weighted by molar-refractivity contribution is 8.01. The van der Waals surface area contributed by atoms with Crippen molar-refractivity contribution in [1.29, 1.82) is 0 Å². The van der Waals surface area contributed by atoms with E-state index in [2.05, 4.69) is 5.32 Å². The number of rotatable bonds is 5. The van der Waals surface area contributed by atoms with Crippen LogP contribution < -0.4 is 5.32 Å². The standard InChI is InChI=1S/C16H18N2O4S/c1-16(2)12(15(21)22-8-10-6-4-3-5-7-10)18-13(20)11(17-9-19)14(18)23-16/h3-7,9,11-12,14H,8H2,1-2H3,(H,17,19)/t11?,12-,14+/m0/s1. The van der Waals surface area contributed by atoms with E-state index in [-0.39, 0.29) is 17.9 Å². The van der Waals surface area contributed by atoms with Gasteiger partial charge in [0.15, 0.2) is 0 Å². The molecule has 3 rings (SSSR count). The molecule has 0 aromatic heterocycles. The summed E-state index contributed by atoms with van der Waals surface area (Å²) in [6, 6.07) is 8.22. The Bertz CT molecular complexity index is 634. The van der Waals surface area contributed by atoms with Crippen LogP contribution in [0.2, 0.25) is 0 Å². The van der Waals surface area contributed by atoms with Crippen LogP contribution in [0.3, 0.4) is 0 Å². The first-order chi connectivity index (χ1) is 11.0. The smallest absolute Gasteiger partial charge is 0.330 e. The van der Waals surface area contributed by atoms with Gasteiger partial charge in [-0.05, 0) is 19.4 Å². The van der Waals surface area contributed by atoms with E-state index in [0.29, 0.717) is 6.41 Å². The number of carbonyl (C=O) groups excluding carboxylic acids is 3. The van der Waals surface area contributed by atoms with Gasteiger partial charge in [-0.3, -0.25) is 9.59 Å². The van der Waals surface area contributed by atoms with Crippen molar-refractivity contribution >= 4 is 30.0 Å². The molecule has 6 nitrogen and oxygen atoms in total. The van der Waals surface area contributed by atoms with Crippen molar-refractivity contribution in [2.45, 2.75) is 42.7 Å². The van der Waals surface area contributed by atoms with Crippen molar-refractivity contribution in [3.05, 3.63) is 35.9 Å². The highest BCUT2D eigenvalue weighted by Gasteiger charge is 2.64. The number of nitrogens with zero attached hydrogens (tertiary/aromatic N) is 1. The molecule has 7 heteroatoms. The molecule has 2 amide bonds. The number of ether oxygens (including phenoxy) is 1. The van der Waals surface area contributed by atoms with E-state index in [1.807, 2.05) is 44.2 Å². The zero-order chi connectivity index (χ0) is 16.6. The van der Waals surface area contributed by atoms with Gasteiger partial charge in [0.25, 0.3) is 0 Å². The maximum absolute atomic E-state index is 12.5. The number of fused-ring (bicyclic) bond motifs is 1. The van der Waals surface area contributed by atoms with Gasteiger partial charge in [0.1, 0.15) is 24.1 Å². The molecule has 0 bridgehead atoms. The predicted molar refractivity (Wildman–Crippen MR) is 85.3 cm³/mol. The first-order valence-corrected chi connectivity index (χ1v) is 8.24. The van der Waals surface area contributed by atoms with Crippen molar-refractivity contribution in [3.8, 4) is 0 Å². The molecule has 23 heavy (non-hydrogen) atoms. The molecule has 1 N–H and O–H groups in total. The van der Waals surface area contributed by atoms with Crippen molar-refractivity contribution in [2.24, 2.45) is 0 Å². The lowest BCUT2D eigenvalue weighted by molar-refractivity contribution is -0.164. The van der Waals surface area contributed by atoms with Crippen LogP contribution in [0, 0.1) is 0 Å². The Kier molecular flexibility index (Phi) is 4.06. The molecule has 1 unspecified atom stereocenters. The van der Waals surface area contributed by atoms with Gasteiger partial charge in [-0.1, -0.05) is 30.3 Å². The number of hydrogen-bond donors (Lipinski definition) is 1. The molecule has 0 aliphatic carbocycles. The molecule has 3 atom stereocenters. The van der Waals surface area contributed by atoms with E-state index in [1.165, 1.54) is 16.7 Å². The molecule has 2 heterocycles. The Balaban J connectivity index is 1.70. The maximum atomic E-state index is 12.5. The van der Waals surface area contributed by atoms with E-state index in [4.69, 9.17) is 4.74 Å². The van der Waals surface area contributed by atoms with Gasteiger partial charge in [0.05, 0.1) is 0 Å². The van der Waals surface area contributed by atoms with Gasteiger partial charge in [0, 0.05) is 4.75 Å².